The van der Waals surface area contributed by atoms with Gasteiger partial charge in [-0.1, -0.05) is 26.8 Å². The topological polar surface area (TPSA) is 164 Å². The maximum absolute atomic E-state index is 14.4. The number of nitrogens with one attached hydrogen (secondary N) is 2. The predicted octanol–water partition coefficient (Wildman–Crippen LogP) is 1.61. The molecule has 1 aliphatic rings. The Morgan fingerprint density at radius 3 is 2.71 bits per heavy atom. The van der Waals surface area contributed by atoms with Crippen LogP contribution in [-0.4, -0.2) is 85.7 Å². The Morgan fingerprint density at radius 2 is 2.00 bits per heavy atom. The summed E-state index contributed by atoms with van der Waals surface area (Å²) in [4.78, 5) is 26.4. The number of carbonyl (C=O) groups is 1. The van der Waals surface area contributed by atoms with Crippen LogP contribution in [0.25, 0.3) is 11.2 Å². The SMILES string of the molecule is CN(CCCNC(=O)Nc1ccc(C(C)(C)C)c(F)c1)C[C@H]1O[C@@H](n2cnc3c(N)ncnc32)[C@H](O)[C@H]1O. The Kier molecular flexibility index (Phi) is 8.11. The summed E-state index contributed by atoms with van der Waals surface area (Å²) in [6.45, 7) is 7.12. The number of imidazole rings is 1. The van der Waals surface area contributed by atoms with Gasteiger partial charge in [0.2, 0.25) is 0 Å². The van der Waals surface area contributed by atoms with Gasteiger partial charge in [-0.25, -0.2) is 24.1 Å². The Bertz CT molecular complexity index is 1280. The number of anilines is 2. The first-order chi connectivity index (χ1) is 18.0. The molecular weight excluding hydrogens is 495 g/mol. The van der Waals surface area contributed by atoms with Crippen molar-refractivity contribution < 1.29 is 24.1 Å². The number of nitrogens with zero attached hydrogens (tertiary/aromatic N) is 5. The van der Waals surface area contributed by atoms with Gasteiger partial charge in [-0.05, 0) is 43.1 Å². The van der Waals surface area contributed by atoms with Crippen molar-refractivity contribution in [2.24, 2.45) is 0 Å². The molecule has 1 saturated heterocycles. The van der Waals surface area contributed by atoms with Gasteiger partial charge in [-0.3, -0.25) is 4.57 Å². The van der Waals surface area contributed by atoms with Crippen LogP contribution in [0.2, 0.25) is 0 Å². The first-order valence-electron chi connectivity index (χ1n) is 12.4. The molecule has 0 unspecified atom stereocenters. The van der Waals surface area contributed by atoms with E-state index in [1.54, 1.807) is 12.1 Å². The summed E-state index contributed by atoms with van der Waals surface area (Å²) in [7, 11) is 1.86. The lowest BCUT2D eigenvalue weighted by molar-refractivity contribution is -0.0421. The van der Waals surface area contributed by atoms with Crippen molar-refractivity contribution in [3.63, 3.8) is 0 Å². The number of rotatable bonds is 8. The molecule has 4 rings (SSSR count). The number of urea groups is 1. The van der Waals surface area contributed by atoms with Crippen LogP contribution < -0.4 is 16.4 Å². The minimum atomic E-state index is -1.19. The molecule has 0 saturated carbocycles. The molecular formula is C25H35FN8O4. The van der Waals surface area contributed by atoms with E-state index in [4.69, 9.17) is 10.5 Å². The molecule has 1 aromatic carbocycles. The van der Waals surface area contributed by atoms with Gasteiger partial charge in [0.15, 0.2) is 17.7 Å². The summed E-state index contributed by atoms with van der Waals surface area (Å²) < 4.78 is 21.9. The van der Waals surface area contributed by atoms with Crippen LogP contribution in [0.3, 0.4) is 0 Å². The molecule has 1 fully saturated rings. The van der Waals surface area contributed by atoms with E-state index in [0.29, 0.717) is 48.5 Å². The summed E-state index contributed by atoms with van der Waals surface area (Å²) in [6, 6.07) is 4.25. The third-order valence-corrected chi connectivity index (χ3v) is 6.53. The molecule has 3 heterocycles. The summed E-state index contributed by atoms with van der Waals surface area (Å²) >= 11 is 0. The fraction of sp³-hybridized carbons (Fsp3) is 0.520. The van der Waals surface area contributed by atoms with E-state index < -0.39 is 30.6 Å². The number of nitrogens with two attached hydrogens (primary N) is 1. The third kappa shape index (κ3) is 6.01. The van der Waals surface area contributed by atoms with Crippen molar-refractivity contribution in [3.05, 3.63) is 42.2 Å². The number of likely N-dealkylation sites (N-methyl/N-ethyl adjacent to an activating group) is 1. The Balaban J connectivity index is 1.22. The van der Waals surface area contributed by atoms with Crippen LogP contribution in [0.4, 0.5) is 20.7 Å². The average molecular weight is 531 g/mol. The van der Waals surface area contributed by atoms with Crippen LogP contribution in [-0.2, 0) is 10.2 Å². The number of nitrogen functional groups attached to an aromatic ring is 1. The molecule has 13 heteroatoms. The lowest BCUT2D eigenvalue weighted by atomic mass is 9.86. The predicted molar refractivity (Wildman–Crippen MR) is 140 cm³/mol. The van der Waals surface area contributed by atoms with E-state index in [9.17, 15) is 19.4 Å². The van der Waals surface area contributed by atoms with E-state index in [0.717, 1.165) is 0 Å². The summed E-state index contributed by atoms with van der Waals surface area (Å²) in [5.74, 6) is -0.148. The van der Waals surface area contributed by atoms with Crippen molar-refractivity contribution >= 4 is 28.7 Å². The van der Waals surface area contributed by atoms with E-state index in [-0.39, 0.29) is 17.1 Å². The average Bonchev–Trinajstić information content (AvgIpc) is 3.38. The molecule has 206 valence electrons. The molecule has 0 spiro atoms. The number of fused-ring (bicyclic) bond motifs is 1. The molecule has 4 atom stereocenters. The smallest absolute Gasteiger partial charge is 0.319 e. The van der Waals surface area contributed by atoms with E-state index in [1.807, 2.05) is 32.7 Å². The maximum Gasteiger partial charge on any atom is 0.319 e. The second kappa shape index (κ2) is 11.2. The number of benzene rings is 1. The second-order valence-electron chi connectivity index (χ2n) is 10.6. The van der Waals surface area contributed by atoms with Crippen LogP contribution in [0.15, 0.2) is 30.9 Å². The van der Waals surface area contributed by atoms with Crippen LogP contribution in [0.5, 0.6) is 0 Å². The number of carbonyl (C=O) groups excluding carboxylic acids is 1. The van der Waals surface area contributed by atoms with Crippen molar-refractivity contribution in [2.75, 3.05) is 37.7 Å². The number of aliphatic hydroxyl groups is 2. The van der Waals surface area contributed by atoms with Gasteiger partial charge in [-0.15, -0.1) is 0 Å². The number of aliphatic hydroxyl groups excluding tert-OH is 2. The lowest BCUT2D eigenvalue weighted by Crippen LogP contribution is -2.39. The Labute approximate surface area is 220 Å². The zero-order chi connectivity index (χ0) is 27.6. The molecule has 3 aromatic rings. The number of hydrogen-bond donors (Lipinski definition) is 5. The number of hydrogen-bond acceptors (Lipinski definition) is 9. The maximum atomic E-state index is 14.4. The van der Waals surface area contributed by atoms with Gasteiger partial charge in [0.1, 0.15) is 36.0 Å². The largest absolute Gasteiger partial charge is 0.387 e. The van der Waals surface area contributed by atoms with Crippen molar-refractivity contribution in [1.82, 2.24) is 29.7 Å². The molecule has 0 aliphatic carbocycles. The number of amides is 2. The zero-order valence-electron chi connectivity index (χ0n) is 21.9. The zero-order valence-corrected chi connectivity index (χ0v) is 21.9. The van der Waals surface area contributed by atoms with Gasteiger partial charge in [0.25, 0.3) is 0 Å². The summed E-state index contributed by atoms with van der Waals surface area (Å²) in [5, 5.41) is 26.6. The monoisotopic (exact) mass is 530 g/mol. The van der Waals surface area contributed by atoms with E-state index >= 15 is 0 Å². The van der Waals surface area contributed by atoms with Crippen molar-refractivity contribution in [2.45, 2.75) is 57.1 Å². The quantitative estimate of drug-likeness (QED) is 0.272. The Morgan fingerprint density at radius 1 is 1.24 bits per heavy atom. The molecule has 0 bridgehead atoms. The highest BCUT2D eigenvalue weighted by atomic mass is 19.1. The van der Waals surface area contributed by atoms with E-state index in [1.165, 1.54) is 23.3 Å². The molecule has 6 N–H and O–H groups in total. The molecule has 38 heavy (non-hydrogen) atoms. The third-order valence-electron chi connectivity index (χ3n) is 6.53. The molecule has 2 aromatic heterocycles. The lowest BCUT2D eigenvalue weighted by Gasteiger charge is -2.23. The van der Waals surface area contributed by atoms with Gasteiger partial charge < -0.3 is 36.2 Å². The highest BCUT2D eigenvalue weighted by Crippen LogP contribution is 2.32. The molecule has 2 amide bonds. The number of aromatic nitrogens is 4. The minimum Gasteiger partial charge on any atom is -0.387 e. The number of halogens is 1. The molecule has 1 aliphatic heterocycles. The van der Waals surface area contributed by atoms with Crippen molar-refractivity contribution in [3.8, 4) is 0 Å². The molecule has 0 radical (unpaired) electrons. The highest BCUT2D eigenvalue weighted by Gasteiger charge is 2.44. The molecule has 12 nitrogen and oxygen atoms in total. The minimum absolute atomic E-state index is 0.214. The second-order valence-corrected chi connectivity index (χ2v) is 10.6. The van der Waals surface area contributed by atoms with Crippen LogP contribution in [0, 0.1) is 5.82 Å². The van der Waals surface area contributed by atoms with Gasteiger partial charge in [0.05, 0.1) is 6.33 Å². The fourth-order valence-electron chi connectivity index (χ4n) is 4.49. The van der Waals surface area contributed by atoms with Crippen LogP contribution in [0.1, 0.15) is 39.0 Å². The fourth-order valence-corrected chi connectivity index (χ4v) is 4.49. The van der Waals surface area contributed by atoms with E-state index in [2.05, 4.69) is 25.6 Å². The highest BCUT2D eigenvalue weighted by molar-refractivity contribution is 5.89. The van der Waals surface area contributed by atoms with Gasteiger partial charge >= 0.3 is 6.03 Å². The normalized spacial score (nSPS) is 21.8. The summed E-state index contributed by atoms with van der Waals surface area (Å²) in [6.07, 6.45) is -0.462. The van der Waals surface area contributed by atoms with Crippen molar-refractivity contribution in [1.29, 1.82) is 0 Å². The van der Waals surface area contributed by atoms with Crippen LogP contribution >= 0.6 is 0 Å². The standard InChI is InChI=1S/C25H35FN8O4/c1-25(2,3)15-7-6-14(10-16(15)26)32-24(37)28-8-5-9-33(4)11-17-19(35)20(36)23(38-17)34-13-31-18-21(27)29-12-30-22(18)34/h6-7,10,12-13,17,19-20,23,35-36H,5,8-9,11H2,1-4H3,(H2,27,29,30)(H2,28,32,37)/t17-,19+,20-,23-/m1/s1. The van der Waals surface area contributed by atoms with Gasteiger partial charge in [-0.2, -0.15) is 0 Å². The Hall–Kier alpha value is -3.39. The van der Waals surface area contributed by atoms with Gasteiger partial charge in [0, 0.05) is 18.8 Å². The number of ether oxygens (including phenoxy) is 1. The first kappa shape index (κ1) is 27.6. The summed E-state index contributed by atoms with van der Waals surface area (Å²) in [5.41, 5.74) is 7.26. The first-order valence-corrected chi connectivity index (χ1v) is 12.4.